The Morgan fingerprint density at radius 2 is 2.14 bits per heavy atom. The zero-order valence-corrected chi connectivity index (χ0v) is 9.33. The summed E-state index contributed by atoms with van der Waals surface area (Å²) in [6, 6.07) is 0.366. The van der Waals surface area contributed by atoms with E-state index in [0.29, 0.717) is 12.0 Å². The lowest BCUT2D eigenvalue weighted by Crippen LogP contribution is -2.26. The summed E-state index contributed by atoms with van der Waals surface area (Å²) in [6.07, 6.45) is 4.26. The number of nitrogens with zero attached hydrogens (tertiary/aromatic N) is 1. The van der Waals surface area contributed by atoms with Crippen LogP contribution in [0.25, 0.3) is 0 Å². The van der Waals surface area contributed by atoms with Crippen LogP contribution >= 0.6 is 0 Å². The quantitative estimate of drug-likeness (QED) is 0.554. The van der Waals surface area contributed by atoms with Crippen molar-refractivity contribution in [1.82, 2.24) is 0 Å². The third-order valence-electron chi connectivity index (χ3n) is 2.82. The summed E-state index contributed by atoms with van der Waals surface area (Å²) in [5.74, 6) is 1.48. The molecule has 1 aliphatic rings. The number of amidine groups is 1. The van der Waals surface area contributed by atoms with Gasteiger partial charge in [-0.05, 0) is 32.1 Å². The molecule has 1 heterocycles. The van der Waals surface area contributed by atoms with E-state index in [9.17, 15) is 0 Å². The molecule has 1 aliphatic heterocycles. The molecule has 0 aromatic carbocycles. The molecule has 3 heteroatoms. The normalized spacial score (nSPS) is 22.3. The highest BCUT2D eigenvalue weighted by molar-refractivity contribution is 5.80. The fourth-order valence-electron chi connectivity index (χ4n) is 1.89. The molecule has 0 aliphatic carbocycles. The Labute approximate surface area is 86.7 Å². The van der Waals surface area contributed by atoms with Gasteiger partial charge in [0, 0.05) is 19.6 Å². The summed E-state index contributed by atoms with van der Waals surface area (Å²) < 4.78 is 5.32. The first-order valence-electron chi connectivity index (χ1n) is 5.64. The second kappa shape index (κ2) is 6.02. The number of ether oxygens (including phenoxy) is 1. The lowest BCUT2D eigenvalue weighted by atomic mass is 9.93. The van der Waals surface area contributed by atoms with E-state index in [1.165, 1.54) is 0 Å². The number of nitrogens with two attached hydrogens (primary N) is 1. The Hall–Kier alpha value is -0.570. The van der Waals surface area contributed by atoms with Crippen molar-refractivity contribution >= 4 is 5.84 Å². The van der Waals surface area contributed by atoms with Gasteiger partial charge in [-0.3, -0.25) is 4.99 Å². The first kappa shape index (κ1) is 11.5. The summed E-state index contributed by atoms with van der Waals surface area (Å²) in [5, 5.41) is 0. The Balaban J connectivity index is 2.38. The van der Waals surface area contributed by atoms with Crippen molar-refractivity contribution in [1.29, 1.82) is 0 Å². The van der Waals surface area contributed by atoms with Gasteiger partial charge < -0.3 is 10.5 Å². The zero-order chi connectivity index (χ0) is 10.4. The fourth-order valence-corrected chi connectivity index (χ4v) is 1.89. The molecule has 0 amide bonds. The molecular weight excluding hydrogens is 176 g/mol. The molecule has 14 heavy (non-hydrogen) atoms. The Morgan fingerprint density at radius 1 is 1.50 bits per heavy atom. The third kappa shape index (κ3) is 3.66. The maximum absolute atomic E-state index is 5.81. The van der Waals surface area contributed by atoms with Crippen molar-refractivity contribution in [3.05, 3.63) is 0 Å². The van der Waals surface area contributed by atoms with Crippen LogP contribution in [-0.4, -0.2) is 25.1 Å². The fraction of sp³-hybridized carbons (Fsp3) is 0.909. The standard InChI is InChI=1S/C11H22N2O/c1-3-4-11(12)13-9(2)10-5-7-14-8-6-10/h9-10H,3-8H2,1-2H3,(H2,12,13). The summed E-state index contributed by atoms with van der Waals surface area (Å²) in [6.45, 7) is 6.07. The molecule has 1 fully saturated rings. The van der Waals surface area contributed by atoms with Crippen LogP contribution in [0, 0.1) is 5.92 Å². The molecule has 0 spiro atoms. The van der Waals surface area contributed by atoms with Gasteiger partial charge in [0.25, 0.3) is 0 Å². The Kier molecular flexibility index (Phi) is 4.94. The van der Waals surface area contributed by atoms with Crippen molar-refractivity contribution < 1.29 is 4.74 Å². The van der Waals surface area contributed by atoms with Gasteiger partial charge >= 0.3 is 0 Å². The summed E-state index contributed by atoms with van der Waals surface area (Å²) >= 11 is 0. The molecule has 1 atom stereocenters. The van der Waals surface area contributed by atoms with E-state index in [1.54, 1.807) is 0 Å². The van der Waals surface area contributed by atoms with E-state index in [1.807, 2.05) is 0 Å². The third-order valence-corrected chi connectivity index (χ3v) is 2.82. The van der Waals surface area contributed by atoms with E-state index in [0.717, 1.165) is 44.7 Å². The summed E-state index contributed by atoms with van der Waals surface area (Å²) in [5.41, 5.74) is 5.81. The van der Waals surface area contributed by atoms with Crippen LogP contribution in [-0.2, 0) is 4.74 Å². The zero-order valence-electron chi connectivity index (χ0n) is 9.33. The maximum atomic E-state index is 5.81. The van der Waals surface area contributed by atoms with Gasteiger partial charge in [0.1, 0.15) is 0 Å². The van der Waals surface area contributed by atoms with Gasteiger partial charge in [-0.25, -0.2) is 0 Å². The van der Waals surface area contributed by atoms with Crippen LogP contribution < -0.4 is 5.73 Å². The average molecular weight is 198 g/mol. The predicted molar refractivity (Wildman–Crippen MR) is 59.5 cm³/mol. The van der Waals surface area contributed by atoms with E-state index in [4.69, 9.17) is 10.5 Å². The van der Waals surface area contributed by atoms with Crippen LogP contribution in [0.4, 0.5) is 0 Å². The molecule has 0 saturated carbocycles. The lowest BCUT2D eigenvalue weighted by molar-refractivity contribution is 0.0605. The smallest absolute Gasteiger partial charge is 0.0940 e. The van der Waals surface area contributed by atoms with Crippen LogP contribution in [0.5, 0.6) is 0 Å². The highest BCUT2D eigenvalue weighted by Gasteiger charge is 2.19. The highest BCUT2D eigenvalue weighted by atomic mass is 16.5. The molecule has 82 valence electrons. The number of hydrogen-bond donors (Lipinski definition) is 1. The van der Waals surface area contributed by atoms with Gasteiger partial charge in [0.05, 0.1) is 11.9 Å². The molecule has 0 radical (unpaired) electrons. The SMILES string of the molecule is CCCC(N)=NC(C)C1CCOCC1. The molecule has 0 aromatic rings. The minimum atomic E-state index is 0.366. The van der Waals surface area contributed by atoms with Crippen LogP contribution in [0.2, 0.25) is 0 Å². The molecule has 0 bridgehead atoms. The lowest BCUT2D eigenvalue weighted by Gasteiger charge is -2.25. The highest BCUT2D eigenvalue weighted by Crippen LogP contribution is 2.20. The van der Waals surface area contributed by atoms with E-state index >= 15 is 0 Å². The van der Waals surface area contributed by atoms with Crippen molar-refractivity contribution in [2.24, 2.45) is 16.6 Å². The molecule has 3 nitrogen and oxygen atoms in total. The molecule has 2 N–H and O–H groups in total. The van der Waals surface area contributed by atoms with Crippen LogP contribution in [0.1, 0.15) is 39.5 Å². The predicted octanol–water partition coefficient (Wildman–Crippen LogP) is 1.96. The van der Waals surface area contributed by atoms with E-state index < -0.39 is 0 Å². The number of hydrogen-bond acceptors (Lipinski definition) is 2. The largest absolute Gasteiger partial charge is 0.387 e. The molecule has 1 rings (SSSR count). The van der Waals surface area contributed by atoms with E-state index in [-0.39, 0.29) is 0 Å². The minimum absolute atomic E-state index is 0.366. The number of aliphatic imine (C=N–C) groups is 1. The average Bonchev–Trinajstić information content (AvgIpc) is 2.19. The molecule has 1 saturated heterocycles. The topological polar surface area (TPSA) is 47.6 Å². The first-order valence-corrected chi connectivity index (χ1v) is 5.64. The minimum Gasteiger partial charge on any atom is -0.387 e. The van der Waals surface area contributed by atoms with Crippen molar-refractivity contribution in [3.8, 4) is 0 Å². The maximum Gasteiger partial charge on any atom is 0.0940 e. The van der Waals surface area contributed by atoms with Gasteiger partial charge in [0.15, 0.2) is 0 Å². The van der Waals surface area contributed by atoms with E-state index in [2.05, 4.69) is 18.8 Å². The monoisotopic (exact) mass is 198 g/mol. The van der Waals surface area contributed by atoms with Crippen molar-refractivity contribution in [2.45, 2.75) is 45.6 Å². The Morgan fingerprint density at radius 3 is 2.71 bits per heavy atom. The van der Waals surface area contributed by atoms with Gasteiger partial charge in [-0.1, -0.05) is 6.92 Å². The van der Waals surface area contributed by atoms with Gasteiger partial charge in [-0.2, -0.15) is 0 Å². The second-order valence-electron chi connectivity index (χ2n) is 4.06. The summed E-state index contributed by atoms with van der Waals surface area (Å²) in [4.78, 5) is 4.53. The first-order chi connectivity index (χ1) is 6.74. The van der Waals surface area contributed by atoms with Crippen molar-refractivity contribution in [2.75, 3.05) is 13.2 Å². The second-order valence-corrected chi connectivity index (χ2v) is 4.06. The molecular formula is C11H22N2O. The van der Waals surface area contributed by atoms with Crippen LogP contribution in [0.3, 0.4) is 0 Å². The van der Waals surface area contributed by atoms with Crippen LogP contribution in [0.15, 0.2) is 4.99 Å². The number of rotatable bonds is 4. The van der Waals surface area contributed by atoms with Gasteiger partial charge in [-0.15, -0.1) is 0 Å². The van der Waals surface area contributed by atoms with Gasteiger partial charge in [0.2, 0.25) is 0 Å². The van der Waals surface area contributed by atoms with Crippen molar-refractivity contribution in [3.63, 3.8) is 0 Å². The molecule has 1 unspecified atom stereocenters. The Bertz CT molecular complexity index is 186. The molecule has 0 aromatic heterocycles. The summed E-state index contributed by atoms with van der Waals surface area (Å²) in [7, 11) is 0.